The van der Waals surface area contributed by atoms with Gasteiger partial charge in [-0.15, -0.1) is 0 Å². The molecule has 0 radical (unpaired) electrons. The summed E-state index contributed by atoms with van der Waals surface area (Å²) in [4.78, 5) is 24.9. The van der Waals surface area contributed by atoms with Gasteiger partial charge < -0.3 is 10.4 Å². The second-order valence-corrected chi connectivity index (χ2v) is 4.61. The van der Waals surface area contributed by atoms with Crippen molar-refractivity contribution in [2.24, 2.45) is 0 Å². The van der Waals surface area contributed by atoms with E-state index in [9.17, 15) is 14.9 Å². The van der Waals surface area contributed by atoms with Crippen LogP contribution in [0.25, 0.3) is 0 Å². The molecule has 2 N–H and O–H groups in total. The van der Waals surface area contributed by atoms with Crippen LogP contribution >= 0.6 is 15.9 Å². The Kier molecular flexibility index (Phi) is 3.94. The fraction of sp³-hybridized carbons (Fsp3) is 0. The van der Waals surface area contributed by atoms with Gasteiger partial charge >= 0.3 is 11.7 Å². The largest absolute Gasteiger partial charge is 0.478 e. The quantitative estimate of drug-likeness (QED) is 0.655. The summed E-state index contributed by atoms with van der Waals surface area (Å²) in [5.74, 6) is -1.29. The molecule has 0 amide bonds. The van der Waals surface area contributed by atoms with Gasteiger partial charge in [-0.1, -0.05) is 12.1 Å². The SMILES string of the molecule is O=C(O)c1cnc(Nc2ccccc2Br)c([N+](=O)[O-])c1. The topological polar surface area (TPSA) is 105 Å². The van der Waals surface area contributed by atoms with Crippen LogP contribution in [-0.4, -0.2) is 21.0 Å². The van der Waals surface area contributed by atoms with Crippen molar-refractivity contribution in [1.82, 2.24) is 4.98 Å². The van der Waals surface area contributed by atoms with Crippen LogP contribution in [0, 0.1) is 10.1 Å². The number of anilines is 2. The Labute approximate surface area is 121 Å². The predicted octanol–water partition coefficient (Wildman–Crippen LogP) is 3.19. The average Bonchev–Trinajstić information content (AvgIpc) is 2.41. The first-order valence-electron chi connectivity index (χ1n) is 5.38. The summed E-state index contributed by atoms with van der Waals surface area (Å²) in [6.07, 6.45) is 1.06. The van der Waals surface area contributed by atoms with E-state index in [1.54, 1.807) is 24.3 Å². The molecule has 0 spiro atoms. The van der Waals surface area contributed by atoms with Crippen LogP contribution in [0.3, 0.4) is 0 Å². The summed E-state index contributed by atoms with van der Waals surface area (Å²) < 4.78 is 0.707. The number of aromatic carboxylic acids is 1. The lowest BCUT2D eigenvalue weighted by molar-refractivity contribution is -0.384. The molecule has 0 saturated heterocycles. The van der Waals surface area contributed by atoms with Crippen molar-refractivity contribution in [3.63, 3.8) is 0 Å². The van der Waals surface area contributed by atoms with Gasteiger partial charge in [0.2, 0.25) is 5.82 Å². The minimum atomic E-state index is -1.27. The number of nitro groups is 1. The van der Waals surface area contributed by atoms with Crippen molar-refractivity contribution in [2.75, 3.05) is 5.32 Å². The molecule has 1 aromatic heterocycles. The molecule has 7 nitrogen and oxygen atoms in total. The van der Waals surface area contributed by atoms with E-state index in [0.29, 0.717) is 10.2 Å². The Morgan fingerprint density at radius 3 is 2.70 bits per heavy atom. The van der Waals surface area contributed by atoms with E-state index in [-0.39, 0.29) is 11.4 Å². The molecule has 1 heterocycles. The van der Waals surface area contributed by atoms with E-state index >= 15 is 0 Å². The Morgan fingerprint density at radius 1 is 1.40 bits per heavy atom. The van der Waals surface area contributed by atoms with Crippen LogP contribution in [0.15, 0.2) is 41.0 Å². The van der Waals surface area contributed by atoms with E-state index in [1.165, 1.54) is 0 Å². The molecule has 0 unspecified atom stereocenters. The molecule has 20 heavy (non-hydrogen) atoms. The molecule has 1 aromatic carbocycles. The van der Waals surface area contributed by atoms with Crippen molar-refractivity contribution >= 4 is 39.1 Å². The fourth-order valence-electron chi connectivity index (χ4n) is 1.50. The van der Waals surface area contributed by atoms with Crippen LogP contribution in [-0.2, 0) is 0 Å². The molecule has 0 fully saturated rings. The summed E-state index contributed by atoms with van der Waals surface area (Å²) in [6, 6.07) is 7.99. The second-order valence-electron chi connectivity index (χ2n) is 3.76. The van der Waals surface area contributed by atoms with E-state index in [1.807, 2.05) is 0 Å². The summed E-state index contributed by atoms with van der Waals surface area (Å²) in [6.45, 7) is 0. The first kappa shape index (κ1) is 13.9. The van der Waals surface area contributed by atoms with E-state index in [4.69, 9.17) is 5.11 Å². The minimum absolute atomic E-state index is 0.0214. The van der Waals surface area contributed by atoms with Crippen LogP contribution < -0.4 is 5.32 Å². The number of benzene rings is 1. The molecule has 0 saturated carbocycles. The molecule has 0 aliphatic carbocycles. The zero-order chi connectivity index (χ0) is 14.7. The lowest BCUT2D eigenvalue weighted by atomic mass is 10.2. The number of halogens is 1. The number of carbonyl (C=O) groups is 1. The monoisotopic (exact) mass is 337 g/mol. The number of hydrogen-bond acceptors (Lipinski definition) is 5. The van der Waals surface area contributed by atoms with Gasteiger partial charge in [0.25, 0.3) is 0 Å². The van der Waals surface area contributed by atoms with Gasteiger partial charge in [-0.3, -0.25) is 10.1 Å². The molecule has 8 heteroatoms. The molecular formula is C12H8BrN3O4. The maximum atomic E-state index is 11.0. The Hall–Kier alpha value is -2.48. The molecule has 0 bridgehead atoms. The third-order valence-corrected chi connectivity index (χ3v) is 3.13. The number of carboxylic acid groups (broad SMARTS) is 1. The lowest BCUT2D eigenvalue weighted by Gasteiger charge is -2.08. The van der Waals surface area contributed by atoms with E-state index in [2.05, 4.69) is 26.2 Å². The Bertz CT molecular complexity index is 690. The van der Waals surface area contributed by atoms with Crippen LogP contribution in [0.4, 0.5) is 17.2 Å². The molecule has 102 valence electrons. The number of nitrogens with one attached hydrogen (secondary N) is 1. The van der Waals surface area contributed by atoms with Crippen molar-refractivity contribution < 1.29 is 14.8 Å². The van der Waals surface area contributed by atoms with E-state index < -0.39 is 16.6 Å². The number of hydrogen-bond donors (Lipinski definition) is 2. The highest BCUT2D eigenvalue weighted by Gasteiger charge is 2.19. The van der Waals surface area contributed by atoms with Crippen molar-refractivity contribution in [3.8, 4) is 0 Å². The highest BCUT2D eigenvalue weighted by Crippen LogP contribution is 2.29. The average molecular weight is 338 g/mol. The molecule has 2 aromatic rings. The van der Waals surface area contributed by atoms with E-state index in [0.717, 1.165) is 12.3 Å². The summed E-state index contributed by atoms with van der Waals surface area (Å²) in [7, 11) is 0. The summed E-state index contributed by atoms with van der Waals surface area (Å²) >= 11 is 3.30. The van der Waals surface area contributed by atoms with Crippen molar-refractivity contribution in [3.05, 3.63) is 56.7 Å². The van der Waals surface area contributed by atoms with Crippen LogP contribution in [0.5, 0.6) is 0 Å². The second kappa shape index (κ2) is 5.66. The Balaban J connectivity index is 2.44. The van der Waals surface area contributed by atoms with Gasteiger partial charge in [0, 0.05) is 16.7 Å². The number of carboxylic acids is 1. The number of para-hydroxylation sites is 1. The highest BCUT2D eigenvalue weighted by molar-refractivity contribution is 9.10. The smallest absolute Gasteiger partial charge is 0.337 e. The van der Waals surface area contributed by atoms with Crippen molar-refractivity contribution in [1.29, 1.82) is 0 Å². The van der Waals surface area contributed by atoms with Gasteiger partial charge in [0.1, 0.15) is 0 Å². The standard InChI is InChI=1S/C12H8BrN3O4/c13-8-3-1-2-4-9(8)15-11-10(16(19)20)5-7(6-14-11)12(17)18/h1-6H,(H,14,15)(H,17,18). The maximum Gasteiger partial charge on any atom is 0.337 e. The molecule has 0 aliphatic rings. The summed E-state index contributed by atoms with van der Waals surface area (Å²) in [5.41, 5.74) is -0.0544. The van der Waals surface area contributed by atoms with Gasteiger partial charge in [-0.25, -0.2) is 9.78 Å². The van der Waals surface area contributed by atoms with Gasteiger partial charge in [-0.2, -0.15) is 0 Å². The number of pyridine rings is 1. The summed E-state index contributed by atoms with van der Waals surface area (Å²) in [5, 5.41) is 22.6. The molecular weight excluding hydrogens is 330 g/mol. The molecule has 0 atom stereocenters. The highest BCUT2D eigenvalue weighted by atomic mass is 79.9. The first-order valence-corrected chi connectivity index (χ1v) is 6.17. The fourth-order valence-corrected chi connectivity index (χ4v) is 1.88. The zero-order valence-corrected chi connectivity index (χ0v) is 11.5. The van der Waals surface area contributed by atoms with Gasteiger partial charge in [0.05, 0.1) is 16.2 Å². The predicted molar refractivity (Wildman–Crippen MR) is 75.3 cm³/mol. The van der Waals surface area contributed by atoms with Gasteiger partial charge in [-0.05, 0) is 28.1 Å². The third kappa shape index (κ3) is 2.91. The number of rotatable bonds is 4. The first-order chi connectivity index (χ1) is 9.49. The third-order valence-electron chi connectivity index (χ3n) is 2.44. The van der Waals surface area contributed by atoms with Crippen molar-refractivity contribution in [2.45, 2.75) is 0 Å². The normalized spacial score (nSPS) is 10.1. The van der Waals surface area contributed by atoms with Gasteiger partial charge in [0.15, 0.2) is 0 Å². The number of nitrogens with zero attached hydrogens (tertiary/aromatic N) is 2. The molecule has 0 aliphatic heterocycles. The lowest BCUT2D eigenvalue weighted by Crippen LogP contribution is -2.04. The van der Waals surface area contributed by atoms with Crippen LogP contribution in [0.2, 0.25) is 0 Å². The zero-order valence-electron chi connectivity index (χ0n) is 9.91. The maximum absolute atomic E-state index is 11.0. The number of aromatic nitrogens is 1. The minimum Gasteiger partial charge on any atom is -0.478 e. The Morgan fingerprint density at radius 2 is 2.10 bits per heavy atom. The van der Waals surface area contributed by atoms with Crippen LogP contribution in [0.1, 0.15) is 10.4 Å². The molecule has 2 rings (SSSR count).